The Labute approximate surface area is 155 Å². The molecule has 0 spiro atoms. The average Bonchev–Trinajstić information content (AvgIpc) is 3.09. The first-order chi connectivity index (χ1) is 11.8. The van der Waals surface area contributed by atoms with E-state index in [1.54, 1.807) is 11.3 Å². The average molecular weight is 351 g/mol. The van der Waals surface area contributed by atoms with Crippen LogP contribution < -0.4 is 0 Å². The molecule has 0 fully saturated rings. The molecular formula is C23H26OS. The van der Waals surface area contributed by atoms with Crippen molar-refractivity contribution in [2.24, 2.45) is 0 Å². The van der Waals surface area contributed by atoms with Gasteiger partial charge in [0.25, 0.3) is 0 Å². The van der Waals surface area contributed by atoms with Gasteiger partial charge in [0.1, 0.15) is 5.75 Å². The fourth-order valence-electron chi connectivity index (χ4n) is 3.70. The fourth-order valence-corrected chi connectivity index (χ4v) is 4.56. The number of aryl methyl sites for hydroxylation is 3. The molecule has 0 saturated heterocycles. The van der Waals surface area contributed by atoms with Crippen molar-refractivity contribution in [1.82, 2.24) is 0 Å². The molecule has 1 N–H and O–H groups in total. The van der Waals surface area contributed by atoms with Crippen LogP contribution in [-0.4, -0.2) is 5.11 Å². The van der Waals surface area contributed by atoms with Crippen LogP contribution in [0.2, 0.25) is 0 Å². The molecule has 0 aliphatic carbocycles. The summed E-state index contributed by atoms with van der Waals surface area (Å²) in [6.45, 7) is 12.7. The predicted octanol–water partition coefficient (Wildman–Crippen LogP) is 6.48. The van der Waals surface area contributed by atoms with Crippen molar-refractivity contribution >= 4 is 11.3 Å². The molecule has 0 saturated carbocycles. The van der Waals surface area contributed by atoms with Crippen LogP contribution in [-0.2, 0) is 0 Å². The van der Waals surface area contributed by atoms with Crippen LogP contribution in [0.5, 0.6) is 5.75 Å². The molecule has 0 radical (unpaired) electrons. The molecule has 1 aromatic heterocycles. The molecule has 130 valence electrons. The second kappa shape index (κ2) is 6.68. The lowest BCUT2D eigenvalue weighted by Crippen LogP contribution is -2.08. The zero-order valence-corrected chi connectivity index (χ0v) is 16.7. The zero-order valence-electron chi connectivity index (χ0n) is 15.9. The Morgan fingerprint density at radius 1 is 0.800 bits per heavy atom. The van der Waals surface area contributed by atoms with Crippen LogP contribution in [0.1, 0.15) is 55.3 Å². The van der Waals surface area contributed by atoms with Crippen molar-refractivity contribution in [3.8, 4) is 5.75 Å². The summed E-state index contributed by atoms with van der Waals surface area (Å²) < 4.78 is 0. The monoisotopic (exact) mass is 350 g/mol. The molecule has 0 aliphatic rings. The first-order valence-electron chi connectivity index (χ1n) is 8.72. The standard InChI is InChI=1S/C23H26OS/c1-13-10-14(2)16(4)19(11-13)22(21-8-7-9-25-21)20-12-15(3)23(24)18(6)17(20)5/h7-12,22,24H,1-6H3. The van der Waals surface area contributed by atoms with E-state index in [9.17, 15) is 5.11 Å². The molecule has 0 aliphatic heterocycles. The highest BCUT2D eigenvalue weighted by atomic mass is 32.1. The third-order valence-electron chi connectivity index (χ3n) is 5.40. The normalized spacial score (nSPS) is 12.4. The van der Waals surface area contributed by atoms with Gasteiger partial charge in [-0.25, -0.2) is 0 Å². The molecule has 1 nitrogen and oxygen atoms in total. The van der Waals surface area contributed by atoms with Gasteiger partial charge in [-0.15, -0.1) is 11.3 Å². The number of hydrogen-bond donors (Lipinski definition) is 1. The molecule has 25 heavy (non-hydrogen) atoms. The lowest BCUT2D eigenvalue weighted by molar-refractivity contribution is 0.466. The van der Waals surface area contributed by atoms with Gasteiger partial charge in [0.15, 0.2) is 0 Å². The van der Waals surface area contributed by atoms with Crippen LogP contribution >= 0.6 is 11.3 Å². The number of aromatic hydroxyl groups is 1. The summed E-state index contributed by atoms with van der Waals surface area (Å²) in [7, 11) is 0. The van der Waals surface area contributed by atoms with Gasteiger partial charge >= 0.3 is 0 Å². The summed E-state index contributed by atoms with van der Waals surface area (Å²) >= 11 is 1.80. The maximum Gasteiger partial charge on any atom is 0.121 e. The second-order valence-electron chi connectivity index (χ2n) is 7.13. The number of phenolic OH excluding ortho intramolecular Hbond substituents is 1. The Morgan fingerprint density at radius 2 is 1.48 bits per heavy atom. The van der Waals surface area contributed by atoms with E-state index >= 15 is 0 Å². The number of benzene rings is 2. The minimum atomic E-state index is 0.205. The highest BCUT2D eigenvalue weighted by Crippen LogP contribution is 2.41. The summed E-state index contributed by atoms with van der Waals surface area (Å²) in [5, 5.41) is 12.5. The van der Waals surface area contributed by atoms with Crippen molar-refractivity contribution in [3.63, 3.8) is 0 Å². The molecule has 1 heterocycles. The molecule has 3 aromatic rings. The minimum Gasteiger partial charge on any atom is -0.507 e. The van der Waals surface area contributed by atoms with Crippen molar-refractivity contribution < 1.29 is 5.11 Å². The van der Waals surface area contributed by atoms with Crippen LogP contribution in [0.25, 0.3) is 0 Å². The van der Waals surface area contributed by atoms with Gasteiger partial charge in [0.2, 0.25) is 0 Å². The second-order valence-corrected chi connectivity index (χ2v) is 8.11. The molecule has 1 unspecified atom stereocenters. The van der Waals surface area contributed by atoms with Gasteiger partial charge in [-0.1, -0.05) is 29.8 Å². The number of phenols is 1. The topological polar surface area (TPSA) is 20.2 Å². The summed E-state index contributed by atoms with van der Waals surface area (Å²) in [5.41, 5.74) is 9.76. The molecule has 3 rings (SSSR count). The third-order valence-corrected chi connectivity index (χ3v) is 6.33. The zero-order chi connectivity index (χ0) is 18.3. The summed E-state index contributed by atoms with van der Waals surface area (Å²) in [5.74, 6) is 0.625. The van der Waals surface area contributed by atoms with Gasteiger partial charge in [-0.2, -0.15) is 0 Å². The Kier molecular flexibility index (Phi) is 4.75. The summed E-state index contributed by atoms with van der Waals surface area (Å²) in [6.07, 6.45) is 0. The molecule has 0 amide bonds. The molecule has 2 aromatic carbocycles. The van der Waals surface area contributed by atoms with E-state index in [0.29, 0.717) is 5.75 Å². The highest BCUT2D eigenvalue weighted by molar-refractivity contribution is 7.10. The Balaban J connectivity index is 2.34. The van der Waals surface area contributed by atoms with Crippen LogP contribution in [0.3, 0.4) is 0 Å². The van der Waals surface area contributed by atoms with Gasteiger partial charge in [0.05, 0.1) is 0 Å². The molecule has 1 atom stereocenters. The van der Waals surface area contributed by atoms with Gasteiger partial charge < -0.3 is 5.11 Å². The smallest absolute Gasteiger partial charge is 0.121 e. The number of rotatable bonds is 3. The van der Waals surface area contributed by atoms with E-state index in [0.717, 1.165) is 11.1 Å². The van der Waals surface area contributed by atoms with E-state index in [4.69, 9.17) is 0 Å². The predicted molar refractivity (Wildman–Crippen MR) is 108 cm³/mol. The van der Waals surface area contributed by atoms with Crippen molar-refractivity contribution in [2.75, 3.05) is 0 Å². The van der Waals surface area contributed by atoms with Crippen molar-refractivity contribution in [3.05, 3.63) is 85.1 Å². The fraction of sp³-hybridized carbons (Fsp3) is 0.304. The third kappa shape index (κ3) is 3.11. The van der Waals surface area contributed by atoms with E-state index in [-0.39, 0.29) is 5.92 Å². The van der Waals surface area contributed by atoms with Gasteiger partial charge in [-0.05, 0) is 91.9 Å². The first kappa shape index (κ1) is 17.8. The summed E-state index contributed by atoms with van der Waals surface area (Å²) in [6, 6.07) is 11.1. The molecule has 0 bridgehead atoms. The van der Waals surface area contributed by atoms with Crippen molar-refractivity contribution in [2.45, 2.75) is 47.5 Å². The number of thiophene rings is 1. The van der Waals surface area contributed by atoms with Crippen molar-refractivity contribution in [1.29, 1.82) is 0 Å². The van der Waals surface area contributed by atoms with E-state index < -0.39 is 0 Å². The lowest BCUT2D eigenvalue weighted by atomic mass is 9.81. The van der Waals surface area contributed by atoms with E-state index in [1.165, 1.54) is 38.3 Å². The van der Waals surface area contributed by atoms with Gasteiger partial charge in [0, 0.05) is 10.8 Å². The molecule has 2 heteroatoms. The highest BCUT2D eigenvalue weighted by Gasteiger charge is 2.24. The van der Waals surface area contributed by atoms with Crippen LogP contribution in [0.4, 0.5) is 0 Å². The Bertz CT molecular complexity index is 920. The SMILES string of the molecule is Cc1cc(C)c(C)c(C(c2cccs2)c2cc(C)c(O)c(C)c2C)c1. The Hall–Kier alpha value is -2.06. The summed E-state index contributed by atoms with van der Waals surface area (Å²) in [4.78, 5) is 1.35. The maximum absolute atomic E-state index is 10.3. The molecular weight excluding hydrogens is 324 g/mol. The minimum absolute atomic E-state index is 0.205. The first-order valence-corrected chi connectivity index (χ1v) is 9.60. The maximum atomic E-state index is 10.3. The van der Waals surface area contributed by atoms with Crippen LogP contribution in [0.15, 0.2) is 35.7 Å². The van der Waals surface area contributed by atoms with E-state index in [1.807, 2.05) is 13.8 Å². The Morgan fingerprint density at radius 3 is 2.12 bits per heavy atom. The van der Waals surface area contributed by atoms with E-state index in [2.05, 4.69) is 63.4 Å². The largest absolute Gasteiger partial charge is 0.507 e. The number of hydrogen-bond acceptors (Lipinski definition) is 2. The van der Waals surface area contributed by atoms with Crippen LogP contribution in [0, 0.1) is 41.5 Å². The quantitative estimate of drug-likeness (QED) is 0.573. The lowest BCUT2D eigenvalue weighted by Gasteiger charge is -2.24. The van der Waals surface area contributed by atoms with Gasteiger partial charge in [-0.3, -0.25) is 0 Å².